The number of pyridine rings is 1. The highest BCUT2D eigenvalue weighted by atomic mass is 15.0. The van der Waals surface area contributed by atoms with Crippen molar-refractivity contribution in [3.63, 3.8) is 0 Å². The molecule has 0 spiro atoms. The molecule has 1 unspecified atom stereocenters. The number of benzene rings is 5. The molecule has 0 radical (unpaired) electrons. The zero-order valence-electron chi connectivity index (χ0n) is 31.2. The second-order valence-electron chi connectivity index (χ2n) is 16.2. The molecule has 3 heteroatoms. The number of nitrogens with zero attached hydrogens (tertiary/aromatic N) is 2. The summed E-state index contributed by atoms with van der Waals surface area (Å²) in [7, 11) is 0. The summed E-state index contributed by atoms with van der Waals surface area (Å²) in [4.78, 5) is 8.58. The van der Waals surface area contributed by atoms with E-state index in [0.717, 1.165) is 37.8 Å². The number of nitrogens with one attached hydrogen (secondary N) is 1. The fraction of sp³-hybridized carbons (Fsp3) is 0.220. The Morgan fingerprint density at radius 2 is 1.42 bits per heavy atom. The highest BCUT2D eigenvalue weighted by Crippen LogP contribution is 2.51. The van der Waals surface area contributed by atoms with E-state index in [9.17, 15) is 0 Å². The summed E-state index contributed by atoms with van der Waals surface area (Å²) in [5, 5.41) is 4.16. The van der Waals surface area contributed by atoms with Crippen LogP contribution >= 0.6 is 0 Å². The fourth-order valence-electron chi connectivity index (χ4n) is 10.3. The molecule has 0 bridgehead atoms. The van der Waals surface area contributed by atoms with Crippen molar-refractivity contribution in [3.8, 4) is 27.9 Å². The lowest BCUT2D eigenvalue weighted by atomic mass is 9.73. The first-order valence-corrected chi connectivity index (χ1v) is 19.4. The lowest BCUT2D eigenvalue weighted by Crippen LogP contribution is -2.16. The molecule has 3 aromatic heterocycles. The Hall–Kier alpha value is -5.67. The van der Waals surface area contributed by atoms with E-state index in [1.165, 1.54) is 122 Å². The van der Waals surface area contributed by atoms with Crippen LogP contribution in [0.15, 0.2) is 91.1 Å². The molecule has 0 fully saturated rings. The Morgan fingerprint density at radius 1 is 0.660 bits per heavy atom. The van der Waals surface area contributed by atoms with E-state index >= 15 is 0 Å². The van der Waals surface area contributed by atoms with Gasteiger partial charge in [-0.05, 0) is 176 Å². The predicted molar refractivity (Wildman–Crippen MR) is 222 cm³/mol. The summed E-state index contributed by atoms with van der Waals surface area (Å²) in [5.41, 5.74) is 27.5. The second-order valence-corrected chi connectivity index (χ2v) is 16.2. The summed E-state index contributed by atoms with van der Waals surface area (Å²) in [5.74, 6) is 0.406. The van der Waals surface area contributed by atoms with Crippen LogP contribution in [0.4, 0.5) is 0 Å². The van der Waals surface area contributed by atoms with Crippen LogP contribution in [0.25, 0.3) is 66.7 Å². The minimum atomic E-state index is 0.406. The molecule has 3 heterocycles. The van der Waals surface area contributed by atoms with E-state index in [1.54, 1.807) is 0 Å². The number of allylic oxidation sites excluding steroid dienone is 1. The topological polar surface area (TPSA) is 33.6 Å². The third-order valence-electron chi connectivity index (χ3n) is 12.8. The zero-order valence-corrected chi connectivity index (χ0v) is 31.2. The first kappa shape index (κ1) is 30.9. The monoisotopic (exact) mass is 685 g/mol. The Balaban J connectivity index is 1.14. The third kappa shape index (κ3) is 4.49. The molecule has 0 saturated carbocycles. The number of rotatable bonds is 3. The standard InChI is InChI=1S/C50H43N3/c1-27-6-8-29(3)39(20-27)32-12-16-45-41(23-32)43-25-34-11-15-38-48-35(10-14-37(47(34)48)49(43)52-45)26-44-42-24-33(40-21-28(2)7-9-30(40)4)13-17-46(42)53(50(38)44)36-18-19-51-31(5)22-36/h6-9,12-13,16-22,24-26,32,52H,10-11,14-15,23H2,1-5H3. The number of hydrogen-bond donors (Lipinski definition) is 1. The van der Waals surface area contributed by atoms with Gasteiger partial charge in [-0.15, -0.1) is 0 Å². The van der Waals surface area contributed by atoms with Gasteiger partial charge in [0.15, 0.2) is 0 Å². The van der Waals surface area contributed by atoms with Gasteiger partial charge < -0.3 is 9.55 Å². The molecule has 53 heavy (non-hydrogen) atoms. The van der Waals surface area contributed by atoms with Crippen LogP contribution in [-0.4, -0.2) is 14.5 Å². The van der Waals surface area contributed by atoms with Gasteiger partial charge in [-0.2, -0.15) is 0 Å². The van der Waals surface area contributed by atoms with Crippen molar-refractivity contribution in [2.45, 2.75) is 72.6 Å². The number of aryl methyl sites for hydroxylation is 9. The third-order valence-corrected chi connectivity index (χ3v) is 12.8. The van der Waals surface area contributed by atoms with Gasteiger partial charge in [0.2, 0.25) is 0 Å². The van der Waals surface area contributed by atoms with Crippen molar-refractivity contribution in [3.05, 3.63) is 158 Å². The van der Waals surface area contributed by atoms with Crippen LogP contribution in [0, 0.1) is 34.6 Å². The maximum atomic E-state index is 4.60. The van der Waals surface area contributed by atoms with Gasteiger partial charge in [-0.25, -0.2) is 0 Å². The molecule has 1 N–H and O–H groups in total. The second kappa shape index (κ2) is 11.2. The van der Waals surface area contributed by atoms with Crippen LogP contribution in [0.2, 0.25) is 0 Å². The largest absolute Gasteiger partial charge is 0.355 e. The van der Waals surface area contributed by atoms with Crippen molar-refractivity contribution in [2.24, 2.45) is 0 Å². The summed E-state index contributed by atoms with van der Waals surface area (Å²) in [6, 6.07) is 30.4. The molecule has 258 valence electrons. The van der Waals surface area contributed by atoms with Gasteiger partial charge in [0, 0.05) is 45.3 Å². The van der Waals surface area contributed by atoms with Crippen LogP contribution < -0.4 is 0 Å². The molecular weight excluding hydrogens is 643 g/mol. The van der Waals surface area contributed by atoms with Gasteiger partial charge in [0.1, 0.15) is 0 Å². The van der Waals surface area contributed by atoms with Crippen molar-refractivity contribution in [1.82, 2.24) is 14.5 Å². The maximum Gasteiger partial charge on any atom is 0.0579 e. The maximum absolute atomic E-state index is 4.60. The first-order valence-electron chi connectivity index (χ1n) is 19.4. The average Bonchev–Trinajstić information content (AvgIpc) is 3.70. The number of H-pyrrole nitrogens is 1. The molecule has 3 aliphatic carbocycles. The molecule has 5 aromatic carbocycles. The normalized spacial score (nSPS) is 15.8. The molecule has 1 atom stereocenters. The predicted octanol–water partition coefficient (Wildman–Crippen LogP) is 12.1. The number of fused-ring (bicyclic) bond motifs is 8. The molecule has 3 aliphatic rings. The van der Waals surface area contributed by atoms with E-state index in [2.05, 4.69) is 140 Å². The fourth-order valence-corrected chi connectivity index (χ4v) is 10.3. The van der Waals surface area contributed by atoms with Gasteiger partial charge in [0.05, 0.1) is 16.6 Å². The Kier molecular flexibility index (Phi) is 6.51. The SMILES string of the molecule is Cc1ccc(C)c(-c2ccc3c(c2)c2cc4c5c(c2n3-c2ccnc(C)c2)CCc2cc3c6c([nH]c3c(c2-5)CC4)C=CC(c2cc(C)ccc2C)C6)c1. The molecular formula is C50H43N3. The van der Waals surface area contributed by atoms with Gasteiger partial charge >= 0.3 is 0 Å². The van der Waals surface area contributed by atoms with Crippen molar-refractivity contribution in [2.75, 3.05) is 0 Å². The number of hydrogen-bond acceptors (Lipinski definition) is 1. The van der Waals surface area contributed by atoms with Gasteiger partial charge in [0.25, 0.3) is 0 Å². The first-order chi connectivity index (χ1) is 25.8. The Morgan fingerprint density at radius 3 is 2.25 bits per heavy atom. The van der Waals surface area contributed by atoms with E-state index in [-0.39, 0.29) is 0 Å². The van der Waals surface area contributed by atoms with Crippen LogP contribution in [0.5, 0.6) is 0 Å². The number of aromatic amines is 1. The molecule has 11 rings (SSSR count). The van der Waals surface area contributed by atoms with Crippen molar-refractivity contribution < 1.29 is 0 Å². The summed E-state index contributed by atoms with van der Waals surface area (Å²) >= 11 is 0. The lowest BCUT2D eigenvalue weighted by Gasteiger charge is -2.31. The van der Waals surface area contributed by atoms with Crippen LogP contribution in [0.1, 0.15) is 72.9 Å². The van der Waals surface area contributed by atoms with Crippen molar-refractivity contribution >= 4 is 38.8 Å². The lowest BCUT2D eigenvalue weighted by molar-refractivity contribution is 0.822. The summed E-state index contributed by atoms with van der Waals surface area (Å²) < 4.78 is 2.55. The highest BCUT2D eigenvalue weighted by Gasteiger charge is 2.33. The molecule has 3 nitrogen and oxygen atoms in total. The molecule has 0 aliphatic heterocycles. The zero-order chi connectivity index (χ0) is 35.7. The van der Waals surface area contributed by atoms with Crippen molar-refractivity contribution in [1.29, 1.82) is 0 Å². The summed E-state index contributed by atoms with van der Waals surface area (Å²) in [6.45, 7) is 11.0. The van der Waals surface area contributed by atoms with Gasteiger partial charge in [-0.3, -0.25) is 4.98 Å². The molecule has 8 aromatic rings. The van der Waals surface area contributed by atoms with E-state index in [0.29, 0.717) is 5.92 Å². The number of aromatic nitrogens is 3. The van der Waals surface area contributed by atoms with E-state index in [1.807, 2.05) is 6.20 Å². The van der Waals surface area contributed by atoms with Gasteiger partial charge in [-0.1, -0.05) is 59.7 Å². The van der Waals surface area contributed by atoms with Crippen LogP contribution in [0.3, 0.4) is 0 Å². The quantitative estimate of drug-likeness (QED) is 0.197. The Bertz CT molecular complexity index is 2930. The van der Waals surface area contributed by atoms with E-state index in [4.69, 9.17) is 0 Å². The highest BCUT2D eigenvalue weighted by molar-refractivity contribution is 6.14. The minimum Gasteiger partial charge on any atom is -0.355 e. The van der Waals surface area contributed by atoms with Crippen LogP contribution in [-0.2, 0) is 32.1 Å². The molecule has 0 saturated heterocycles. The summed E-state index contributed by atoms with van der Waals surface area (Å²) in [6.07, 6.45) is 12.0. The minimum absolute atomic E-state index is 0.406. The Labute approximate surface area is 311 Å². The molecule has 0 amide bonds. The average molecular weight is 686 g/mol. The smallest absolute Gasteiger partial charge is 0.0579 e. The van der Waals surface area contributed by atoms with E-state index < -0.39 is 0 Å².